The lowest BCUT2D eigenvalue weighted by atomic mass is 10.1. The molecule has 0 bridgehead atoms. The topological polar surface area (TPSA) is 72.8 Å². The third kappa shape index (κ3) is 3.64. The molecule has 6 heteroatoms. The van der Waals surface area contributed by atoms with Gasteiger partial charge in [0.25, 0.3) is 5.91 Å². The summed E-state index contributed by atoms with van der Waals surface area (Å²) in [4.78, 5) is 16.9. The Morgan fingerprint density at radius 1 is 1.12 bits per heavy atom. The minimum atomic E-state index is -0.320. The molecule has 132 valence electrons. The smallest absolute Gasteiger partial charge is 0.273 e. The molecular weight excluding hydrogens is 330 g/mol. The molecule has 1 amide bonds. The van der Waals surface area contributed by atoms with Crippen LogP contribution in [0.25, 0.3) is 10.9 Å². The van der Waals surface area contributed by atoms with Gasteiger partial charge in [-0.1, -0.05) is 18.2 Å². The van der Waals surface area contributed by atoms with E-state index in [0.717, 1.165) is 10.9 Å². The molecule has 3 aromatic rings. The van der Waals surface area contributed by atoms with E-state index in [1.807, 2.05) is 30.3 Å². The SMILES string of the molecule is COc1ccc(OC)c(/C=N\NC(=O)c2cc3ccccc3nc2C)c1. The van der Waals surface area contributed by atoms with E-state index in [0.29, 0.717) is 28.3 Å². The van der Waals surface area contributed by atoms with Gasteiger partial charge in [0.2, 0.25) is 0 Å². The fourth-order valence-electron chi connectivity index (χ4n) is 2.60. The number of para-hydroxylation sites is 1. The number of carbonyl (C=O) groups excluding carboxylic acids is 1. The van der Waals surface area contributed by atoms with Crippen LogP contribution in [0.1, 0.15) is 21.6 Å². The number of rotatable bonds is 5. The minimum Gasteiger partial charge on any atom is -0.497 e. The normalized spacial score (nSPS) is 10.9. The molecular formula is C20H19N3O3. The molecule has 1 aromatic heterocycles. The van der Waals surface area contributed by atoms with Crippen molar-refractivity contribution in [3.05, 3.63) is 65.4 Å². The summed E-state index contributed by atoms with van der Waals surface area (Å²) >= 11 is 0. The van der Waals surface area contributed by atoms with Crippen LogP contribution in [0.3, 0.4) is 0 Å². The quantitative estimate of drug-likeness (QED) is 0.566. The van der Waals surface area contributed by atoms with Crippen LogP contribution in [-0.4, -0.2) is 31.3 Å². The van der Waals surface area contributed by atoms with E-state index in [2.05, 4.69) is 15.5 Å². The van der Waals surface area contributed by atoms with Gasteiger partial charge in [-0.05, 0) is 37.3 Å². The molecule has 1 heterocycles. The van der Waals surface area contributed by atoms with E-state index < -0.39 is 0 Å². The highest BCUT2D eigenvalue weighted by Crippen LogP contribution is 2.22. The first-order valence-electron chi connectivity index (χ1n) is 8.04. The van der Waals surface area contributed by atoms with Crippen LogP contribution >= 0.6 is 0 Å². The fraction of sp³-hybridized carbons (Fsp3) is 0.150. The number of aromatic nitrogens is 1. The van der Waals surface area contributed by atoms with E-state index in [4.69, 9.17) is 9.47 Å². The van der Waals surface area contributed by atoms with Crippen molar-refractivity contribution in [1.29, 1.82) is 0 Å². The molecule has 0 saturated carbocycles. The van der Waals surface area contributed by atoms with E-state index in [1.54, 1.807) is 39.3 Å². The van der Waals surface area contributed by atoms with Crippen molar-refractivity contribution in [2.75, 3.05) is 14.2 Å². The predicted octanol–water partition coefficient (Wildman–Crippen LogP) is 3.32. The van der Waals surface area contributed by atoms with Gasteiger partial charge in [-0.2, -0.15) is 5.10 Å². The molecule has 0 radical (unpaired) electrons. The van der Waals surface area contributed by atoms with Crippen molar-refractivity contribution >= 4 is 23.0 Å². The Kier molecular flexibility index (Phi) is 5.12. The summed E-state index contributed by atoms with van der Waals surface area (Å²) in [7, 11) is 3.15. The van der Waals surface area contributed by atoms with Crippen molar-refractivity contribution in [1.82, 2.24) is 10.4 Å². The molecule has 2 aromatic carbocycles. The van der Waals surface area contributed by atoms with Crippen molar-refractivity contribution in [2.24, 2.45) is 5.10 Å². The summed E-state index contributed by atoms with van der Waals surface area (Å²) in [6.45, 7) is 1.80. The van der Waals surface area contributed by atoms with Gasteiger partial charge in [0.05, 0.1) is 37.2 Å². The van der Waals surface area contributed by atoms with Crippen LogP contribution in [0.4, 0.5) is 0 Å². The number of carbonyl (C=O) groups is 1. The second-order valence-corrected chi connectivity index (χ2v) is 5.62. The van der Waals surface area contributed by atoms with E-state index in [1.165, 1.54) is 6.21 Å². The van der Waals surface area contributed by atoms with E-state index >= 15 is 0 Å². The van der Waals surface area contributed by atoms with Gasteiger partial charge >= 0.3 is 0 Å². The van der Waals surface area contributed by atoms with E-state index in [-0.39, 0.29) is 5.91 Å². The van der Waals surface area contributed by atoms with Gasteiger partial charge in [0.15, 0.2) is 0 Å². The first-order valence-corrected chi connectivity index (χ1v) is 8.04. The predicted molar refractivity (Wildman–Crippen MR) is 101 cm³/mol. The number of hydrogen-bond donors (Lipinski definition) is 1. The third-order valence-corrected chi connectivity index (χ3v) is 3.97. The zero-order chi connectivity index (χ0) is 18.5. The number of nitrogens with one attached hydrogen (secondary N) is 1. The third-order valence-electron chi connectivity index (χ3n) is 3.97. The molecule has 1 N–H and O–H groups in total. The first-order chi connectivity index (χ1) is 12.6. The average Bonchev–Trinajstić information content (AvgIpc) is 2.67. The molecule has 0 unspecified atom stereocenters. The van der Waals surface area contributed by atoms with Crippen LogP contribution in [0.5, 0.6) is 11.5 Å². The molecule has 0 spiro atoms. The standard InChI is InChI=1S/C20H19N3O3/c1-13-17(11-14-6-4-5-7-18(14)22-13)20(24)23-21-12-15-10-16(25-2)8-9-19(15)26-3/h4-12H,1-3H3,(H,23,24)/b21-12-. The van der Waals surface area contributed by atoms with Crippen molar-refractivity contribution in [3.8, 4) is 11.5 Å². The summed E-state index contributed by atoms with van der Waals surface area (Å²) in [5.74, 6) is 0.986. The Morgan fingerprint density at radius 3 is 2.69 bits per heavy atom. The Hall–Kier alpha value is -3.41. The van der Waals surface area contributed by atoms with Crippen LogP contribution in [-0.2, 0) is 0 Å². The Morgan fingerprint density at radius 2 is 1.92 bits per heavy atom. The monoisotopic (exact) mass is 349 g/mol. The van der Waals surface area contributed by atoms with Gasteiger partial charge in [-0.15, -0.1) is 0 Å². The number of benzene rings is 2. The molecule has 26 heavy (non-hydrogen) atoms. The van der Waals surface area contributed by atoms with Crippen LogP contribution in [0, 0.1) is 6.92 Å². The van der Waals surface area contributed by atoms with Gasteiger partial charge in [-0.25, -0.2) is 5.43 Å². The summed E-state index contributed by atoms with van der Waals surface area (Å²) in [5.41, 5.74) is 5.22. The number of hydrogen-bond acceptors (Lipinski definition) is 5. The average molecular weight is 349 g/mol. The number of amides is 1. The summed E-state index contributed by atoms with van der Waals surface area (Å²) < 4.78 is 10.5. The van der Waals surface area contributed by atoms with Crippen LogP contribution in [0.15, 0.2) is 53.6 Å². The second-order valence-electron chi connectivity index (χ2n) is 5.62. The van der Waals surface area contributed by atoms with Crippen molar-refractivity contribution in [3.63, 3.8) is 0 Å². The number of fused-ring (bicyclic) bond motifs is 1. The number of nitrogens with zero attached hydrogens (tertiary/aromatic N) is 2. The van der Waals surface area contributed by atoms with Crippen LogP contribution in [0.2, 0.25) is 0 Å². The van der Waals surface area contributed by atoms with Crippen molar-refractivity contribution in [2.45, 2.75) is 6.92 Å². The fourth-order valence-corrected chi connectivity index (χ4v) is 2.60. The van der Waals surface area contributed by atoms with Crippen molar-refractivity contribution < 1.29 is 14.3 Å². The Labute approximate surface area is 151 Å². The van der Waals surface area contributed by atoms with Crippen LogP contribution < -0.4 is 14.9 Å². The molecule has 0 aliphatic heterocycles. The zero-order valence-electron chi connectivity index (χ0n) is 14.8. The number of hydrazone groups is 1. The maximum absolute atomic E-state index is 12.5. The number of pyridine rings is 1. The zero-order valence-corrected chi connectivity index (χ0v) is 14.8. The molecule has 0 atom stereocenters. The highest BCUT2D eigenvalue weighted by atomic mass is 16.5. The Bertz CT molecular complexity index is 983. The molecule has 0 aliphatic rings. The largest absolute Gasteiger partial charge is 0.497 e. The summed E-state index contributed by atoms with van der Waals surface area (Å²) in [5, 5.41) is 4.94. The molecule has 0 aliphatic carbocycles. The van der Waals surface area contributed by atoms with Gasteiger partial charge in [0, 0.05) is 10.9 Å². The molecule has 0 saturated heterocycles. The lowest BCUT2D eigenvalue weighted by molar-refractivity contribution is 0.0954. The highest BCUT2D eigenvalue weighted by molar-refractivity contribution is 5.99. The van der Waals surface area contributed by atoms with Gasteiger partial charge in [-0.3, -0.25) is 9.78 Å². The van der Waals surface area contributed by atoms with Gasteiger partial charge in [0.1, 0.15) is 11.5 Å². The Balaban J connectivity index is 1.81. The number of aryl methyl sites for hydroxylation is 1. The highest BCUT2D eigenvalue weighted by Gasteiger charge is 2.11. The van der Waals surface area contributed by atoms with E-state index in [9.17, 15) is 4.79 Å². The summed E-state index contributed by atoms with van der Waals surface area (Å²) in [6.07, 6.45) is 1.52. The number of ether oxygens (including phenoxy) is 2. The maximum atomic E-state index is 12.5. The maximum Gasteiger partial charge on any atom is 0.273 e. The van der Waals surface area contributed by atoms with Gasteiger partial charge < -0.3 is 9.47 Å². The molecule has 6 nitrogen and oxygen atoms in total. The first kappa shape index (κ1) is 17.4. The summed E-state index contributed by atoms with van der Waals surface area (Å²) in [6, 6.07) is 14.8. The second kappa shape index (κ2) is 7.65. The lowest BCUT2D eigenvalue weighted by Gasteiger charge is -2.07. The minimum absolute atomic E-state index is 0.320. The molecule has 3 rings (SSSR count). The lowest BCUT2D eigenvalue weighted by Crippen LogP contribution is -2.19. The number of methoxy groups -OCH3 is 2. The molecule has 0 fully saturated rings.